The van der Waals surface area contributed by atoms with E-state index in [0.717, 1.165) is 5.56 Å². The second-order valence-electron chi connectivity index (χ2n) is 6.07. The molecule has 2 aromatic carbocycles. The number of carbonyl (C=O) groups is 2. The number of carboxylic acids is 1. The van der Waals surface area contributed by atoms with E-state index in [1.807, 2.05) is 41.1 Å². The molecule has 28 heavy (non-hydrogen) atoms. The lowest BCUT2D eigenvalue weighted by Crippen LogP contribution is -2.12. The molecule has 3 aromatic rings. The van der Waals surface area contributed by atoms with E-state index in [9.17, 15) is 9.59 Å². The van der Waals surface area contributed by atoms with Gasteiger partial charge < -0.3 is 14.4 Å². The third-order valence-electron chi connectivity index (χ3n) is 4.12. The maximum atomic E-state index is 12.6. The van der Waals surface area contributed by atoms with Crippen LogP contribution in [0.2, 0.25) is 0 Å². The van der Waals surface area contributed by atoms with Crippen LogP contribution in [0.1, 0.15) is 34.2 Å². The number of hydrogen-bond donors (Lipinski definition) is 1. The van der Waals surface area contributed by atoms with Gasteiger partial charge in [0.1, 0.15) is 11.4 Å². The average Bonchev–Trinajstić information content (AvgIpc) is 3.15. The van der Waals surface area contributed by atoms with Gasteiger partial charge >= 0.3 is 11.9 Å². The lowest BCUT2D eigenvalue weighted by molar-refractivity contribution is -0.136. The van der Waals surface area contributed by atoms with Gasteiger partial charge in [0.05, 0.1) is 12.2 Å². The topological polar surface area (TPSA) is 81.4 Å². The van der Waals surface area contributed by atoms with Gasteiger partial charge in [0.25, 0.3) is 0 Å². The Balaban J connectivity index is 1.98. The van der Waals surface area contributed by atoms with E-state index in [4.69, 9.17) is 9.84 Å². The van der Waals surface area contributed by atoms with E-state index in [2.05, 4.69) is 4.98 Å². The second kappa shape index (κ2) is 8.81. The summed E-state index contributed by atoms with van der Waals surface area (Å²) in [6.45, 7) is 2.55. The molecule has 0 bridgehead atoms. The molecule has 142 valence electrons. The number of hydrogen-bond acceptors (Lipinski definition) is 4. The highest BCUT2D eigenvalue weighted by atomic mass is 16.5. The van der Waals surface area contributed by atoms with Gasteiger partial charge in [-0.3, -0.25) is 0 Å². The van der Waals surface area contributed by atoms with Crippen molar-refractivity contribution < 1.29 is 19.4 Å². The van der Waals surface area contributed by atoms with E-state index >= 15 is 0 Å². The van der Waals surface area contributed by atoms with E-state index < -0.39 is 11.9 Å². The van der Waals surface area contributed by atoms with Crippen LogP contribution in [0.5, 0.6) is 0 Å². The number of aromatic carboxylic acids is 1. The first-order chi connectivity index (χ1) is 13.6. The zero-order valence-corrected chi connectivity index (χ0v) is 15.4. The van der Waals surface area contributed by atoms with Crippen molar-refractivity contribution in [1.82, 2.24) is 9.55 Å². The van der Waals surface area contributed by atoms with E-state index in [1.165, 1.54) is 12.1 Å². The molecule has 0 saturated carbocycles. The van der Waals surface area contributed by atoms with Crippen molar-refractivity contribution >= 4 is 23.6 Å². The molecule has 1 aromatic heterocycles. The van der Waals surface area contributed by atoms with Crippen LogP contribution in [-0.4, -0.2) is 33.2 Å². The van der Waals surface area contributed by atoms with Gasteiger partial charge in [0, 0.05) is 18.9 Å². The van der Waals surface area contributed by atoms with Crippen molar-refractivity contribution in [1.29, 1.82) is 0 Å². The van der Waals surface area contributed by atoms with Crippen LogP contribution >= 0.6 is 0 Å². The zero-order chi connectivity index (χ0) is 19.9. The van der Waals surface area contributed by atoms with Crippen molar-refractivity contribution in [3.63, 3.8) is 0 Å². The lowest BCUT2D eigenvalue weighted by Gasteiger charge is -2.11. The van der Waals surface area contributed by atoms with Gasteiger partial charge in [-0.25, -0.2) is 14.6 Å². The predicted octanol–water partition coefficient (Wildman–Crippen LogP) is 3.73. The Kier molecular flexibility index (Phi) is 6.01. The van der Waals surface area contributed by atoms with Crippen LogP contribution in [0.3, 0.4) is 0 Å². The van der Waals surface area contributed by atoms with Crippen LogP contribution in [0.15, 0.2) is 67.0 Å². The van der Waals surface area contributed by atoms with E-state index in [0.29, 0.717) is 23.5 Å². The molecular formula is C22H20N2O4. The van der Waals surface area contributed by atoms with Gasteiger partial charge in [0.15, 0.2) is 0 Å². The third-order valence-corrected chi connectivity index (χ3v) is 4.12. The minimum absolute atomic E-state index is 0.181. The Bertz CT molecular complexity index is 989. The highest BCUT2D eigenvalue weighted by Crippen LogP contribution is 2.20. The van der Waals surface area contributed by atoms with Crippen LogP contribution in [0.4, 0.5) is 0 Å². The summed E-state index contributed by atoms with van der Waals surface area (Å²) in [5.74, 6) is -0.991. The first-order valence-corrected chi connectivity index (χ1v) is 8.86. The number of esters is 1. The van der Waals surface area contributed by atoms with Crippen LogP contribution in [0, 0.1) is 0 Å². The summed E-state index contributed by atoms with van der Waals surface area (Å²) in [5, 5.41) is 9.04. The van der Waals surface area contributed by atoms with Crippen molar-refractivity contribution in [2.45, 2.75) is 13.5 Å². The van der Waals surface area contributed by atoms with Crippen LogP contribution in [0.25, 0.3) is 11.6 Å². The summed E-state index contributed by atoms with van der Waals surface area (Å²) in [4.78, 5) is 28.0. The SMILES string of the molecule is CCOC(=O)C(=Cc1ccc(C(=O)O)cc1)c1nccn1Cc1ccccc1. The normalized spacial score (nSPS) is 11.2. The second-order valence-corrected chi connectivity index (χ2v) is 6.07. The lowest BCUT2D eigenvalue weighted by atomic mass is 10.1. The molecule has 0 saturated heterocycles. The Morgan fingerprint density at radius 2 is 1.82 bits per heavy atom. The number of carbonyl (C=O) groups excluding carboxylic acids is 1. The van der Waals surface area contributed by atoms with Crippen molar-refractivity contribution in [2.24, 2.45) is 0 Å². The van der Waals surface area contributed by atoms with Crippen molar-refractivity contribution in [2.75, 3.05) is 6.61 Å². The molecule has 3 rings (SSSR count). The minimum Gasteiger partial charge on any atom is -0.478 e. The van der Waals surface area contributed by atoms with Crippen LogP contribution < -0.4 is 0 Å². The summed E-state index contributed by atoms with van der Waals surface area (Å²) in [7, 11) is 0. The maximum absolute atomic E-state index is 12.6. The molecule has 1 heterocycles. The van der Waals surface area contributed by atoms with Gasteiger partial charge in [-0.1, -0.05) is 42.5 Å². The number of nitrogens with zero attached hydrogens (tertiary/aromatic N) is 2. The minimum atomic E-state index is -1.00. The number of rotatable bonds is 7. The first-order valence-electron chi connectivity index (χ1n) is 8.86. The number of benzene rings is 2. The molecule has 0 radical (unpaired) electrons. The monoisotopic (exact) mass is 376 g/mol. The molecule has 0 aliphatic rings. The van der Waals surface area contributed by atoms with E-state index in [-0.39, 0.29) is 12.2 Å². The molecule has 0 fully saturated rings. The summed E-state index contributed by atoms with van der Waals surface area (Å²) in [6, 6.07) is 16.1. The van der Waals surface area contributed by atoms with Crippen molar-refractivity contribution in [3.8, 4) is 0 Å². The van der Waals surface area contributed by atoms with Gasteiger partial charge in [0.2, 0.25) is 0 Å². The molecule has 6 heteroatoms. The molecule has 0 aliphatic carbocycles. The molecular weight excluding hydrogens is 356 g/mol. The largest absolute Gasteiger partial charge is 0.478 e. The molecule has 0 aliphatic heterocycles. The van der Waals surface area contributed by atoms with Crippen molar-refractivity contribution in [3.05, 3.63) is 89.5 Å². The fourth-order valence-electron chi connectivity index (χ4n) is 2.77. The van der Waals surface area contributed by atoms with E-state index in [1.54, 1.807) is 31.3 Å². The van der Waals surface area contributed by atoms with Gasteiger partial charge in [-0.15, -0.1) is 0 Å². The van der Waals surface area contributed by atoms with Gasteiger partial charge in [-0.05, 0) is 36.3 Å². The Morgan fingerprint density at radius 1 is 1.11 bits per heavy atom. The fraction of sp³-hybridized carbons (Fsp3) is 0.136. The number of imidazole rings is 1. The molecule has 1 N–H and O–H groups in total. The summed E-state index contributed by atoms with van der Waals surface area (Å²) < 4.78 is 7.09. The Labute approximate surface area is 162 Å². The smallest absolute Gasteiger partial charge is 0.341 e. The summed E-state index contributed by atoms with van der Waals surface area (Å²) in [5.41, 5.74) is 2.25. The van der Waals surface area contributed by atoms with Gasteiger partial charge in [-0.2, -0.15) is 0 Å². The zero-order valence-electron chi connectivity index (χ0n) is 15.4. The summed E-state index contributed by atoms with van der Waals surface area (Å²) >= 11 is 0. The van der Waals surface area contributed by atoms with Crippen LogP contribution in [-0.2, 0) is 16.1 Å². The predicted molar refractivity (Wildman–Crippen MR) is 106 cm³/mol. The quantitative estimate of drug-likeness (QED) is 0.502. The number of ether oxygens (including phenoxy) is 1. The Hall–Kier alpha value is -3.67. The maximum Gasteiger partial charge on any atom is 0.341 e. The molecule has 6 nitrogen and oxygen atoms in total. The fourth-order valence-corrected chi connectivity index (χ4v) is 2.77. The molecule has 0 amide bonds. The molecule has 0 spiro atoms. The average molecular weight is 376 g/mol. The third kappa shape index (κ3) is 4.54. The summed E-state index contributed by atoms with van der Waals surface area (Å²) in [6.07, 6.45) is 5.11. The molecule has 0 unspecified atom stereocenters. The standard InChI is InChI=1S/C22H20N2O4/c1-2-28-22(27)19(14-16-8-10-18(11-9-16)21(25)26)20-23-12-13-24(20)15-17-6-4-3-5-7-17/h3-14H,2,15H2,1H3,(H,25,26). The number of aromatic nitrogens is 2. The highest BCUT2D eigenvalue weighted by molar-refractivity contribution is 6.20. The Morgan fingerprint density at radius 3 is 2.46 bits per heavy atom. The first kappa shape index (κ1) is 19.1. The molecule has 0 atom stereocenters. The highest BCUT2D eigenvalue weighted by Gasteiger charge is 2.19. The number of carboxylic acid groups (broad SMARTS) is 1.